The Morgan fingerprint density at radius 3 is 2.50 bits per heavy atom. The zero-order valence-corrected chi connectivity index (χ0v) is 10.3. The van der Waals surface area contributed by atoms with E-state index in [9.17, 15) is 0 Å². The first-order valence-corrected chi connectivity index (χ1v) is 6.13. The summed E-state index contributed by atoms with van der Waals surface area (Å²) in [4.78, 5) is 0. The summed E-state index contributed by atoms with van der Waals surface area (Å²) in [5.41, 5.74) is 0.485. The molecule has 0 aromatic heterocycles. The quantitative estimate of drug-likeness (QED) is 0.665. The minimum absolute atomic E-state index is 0.485. The molecule has 0 aliphatic heterocycles. The van der Waals surface area contributed by atoms with E-state index < -0.39 is 0 Å². The molecule has 0 amide bonds. The maximum atomic E-state index is 5.73. The van der Waals surface area contributed by atoms with Crippen LogP contribution in [0.3, 0.4) is 0 Å². The van der Waals surface area contributed by atoms with Crippen LogP contribution in [-0.2, 0) is 4.74 Å². The van der Waals surface area contributed by atoms with E-state index in [1.165, 1.54) is 32.1 Å². The zero-order valence-electron chi connectivity index (χ0n) is 10.3. The molecule has 1 heteroatoms. The second kappa shape index (κ2) is 5.16. The molecular formula is C13H26O. The van der Waals surface area contributed by atoms with Crippen LogP contribution in [0.25, 0.3) is 0 Å². The summed E-state index contributed by atoms with van der Waals surface area (Å²) in [5, 5.41) is 0. The van der Waals surface area contributed by atoms with Gasteiger partial charge in [0.15, 0.2) is 0 Å². The molecule has 0 spiro atoms. The number of ether oxygens (including phenoxy) is 1. The summed E-state index contributed by atoms with van der Waals surface area (Å²) in [6.45, 7) is 10.0. The van der Waals surface area contributed by atoms with Crippen molar-refractivity contribution in [1.29, 1.82) is 0 Å². The largest absolute Gasteiger partial charge is 0.378 e. The maximum absolute atomic E-state index is 5.73. The van der Waals surface area contributed by atoms with E-state index in [0.29, 0.717) is 11.5 Å². The van der Waals surface area contributed by atoms with Gasteiger partial charge in [0.25, 0.3) is 0 Å². The molecule has 0 bridgehead atoms. The van der Waals surface area contributed by atoms with Gasteiger partial charge in [0.2, 0.25) is 0 Å². The lowest BCUT2D eigenvalue weighted by atomic mass is 9.77. The van der Waals surface area contributed by atoms with Crippen molar-refractivity contribution in [1.82, 2.24) is 0 Å². The van der Waals surface area contributed by atoms with Crippen LogP contribution in [0.5, 0.6) is 0 Å². The predicted octanol–water partition coefficient (Wildman–Crippen LogP) is 4.02. The first kappa shape index (κ1) is 12.0. The summed E-state index contributed by atoms with van der Waals surface area (Å²) in [6, 6.07) is 0. The molecule has 1 fully saturated rings. The fraction of sp³-hybridized carbons (Fsp3) is 1.00. The first-order valence-electron chi connectivity index (χ1n) is 6.13. The van der Waals surface area contributed by atoms with Gasteiger partial charge in [-0.1, -0.05) is 33.6 Å². The summed E-state index contributed by atoms with van der Waals surface area (Å²) in [7, 11) is 0. The Labute approximate surface area is 89.2 Å². The van der Waals surface area contributed by atoms with E-state index in [1.807, 2.05) is 0 Å². The topological polar surface area (TPSA) is 9.23 Å². The Kier molecular flexibility index (Phi) is 4.43. The van der Waals surface area contributed by atoms with Crippen LogP contribution in [0.4, 0.5) is 0 Å². The van der Waals surface area contributed by atoms with Crippen LogP contribution in [0.1, 0.15) is 59.8 Å². The van der Waals surface area contributed by atoms with E-state index in [1.54, 1.807) is 0 Å². The summed E-state index contributed by atoms with van der Waals surface area (Å²) in [5.74, 6) is 0.903. The van der Waals surface area contributed by atoms with Gasteiger partial charge in [-0.3, -0.25) is 0 Å². The van der Waals surface area contributed by atoms with Crippen molar-refractivity contribution in [2.45, 2.75) is 65.9 Å². The molecule has 0 N–H and O–H groups in total. The van der Waals surface area contributed by atoms with Crippen molar-refractivity contribution >= 4 is 0 Å². The maximum Gasteiger partial charge on any atom is 0.0577 e. The van der Waals surface area contributed by atoms with Gasteiger partial charge < -0.3 is 4.74 Å². The van der Waals surface area contributed by atoms with E-state index in [4.69, 9.17) is 4.74 Å². The minimum atomic E-state index is 0.485. The first-order chi connectivity index (χ1) is 6.51. The molecular weight excluding hydrogens is 172 g/mol. The minimum Gasteiger partial charge on any atom is -0.378 e. The van der Waals surface area contributed by atoms with Gasteiger partial charge in [0.1, 0.15) is 0 Å². The molecule has 1 aliphatic rings. The number of rotatable bonds is 3. The second-order valence-corrected chi connectivity index (χ2v) is 5.87. The lowest BCUT2D eigenvalue weighted by molar-refractivity contribution is 0.0140. The second-order valence-electron chi connectivity index (χ2n) is 5.87. The zero-order chi connectivity index (χ0) is 10.6. The highest BCUT2D eigenvalue weighted by Crippen LogP contribution is 2.35. The predicted molar refractivity (Wildman–Crippen MR) is 61.4 cm³/mol. The molecule has 0 aromatic rings. The van der Waals surface area contributed by atoms with Crippen molar-refractivity contribution in [2.24, 2.45) is 11.3 Å². The fourth-order valence-electron chi connectivity index (χ4n) is 2.68. The van der Waals surface area contributed by atoms with Crippen LogP contribution < -0.4 is 0 Å². The van der Waals surface area contributed by atoms with Crippen LogP contribution >= 0.6 is 0 Å². The Morgan fingerprint density at radius 1 is 1.21 bits per heavy atom. The molecule has 0 aromatic carbocycles. The smallest absolute Gasteiger partial charge is 0.0577 e. The van der Waals surface area contributed by atoms with Crippen molar-refractivity contribution in [3.05, 3.63) is 0 Å². The van der Waals surface area contributed by atoms with Gasteiger partial charge in [-0.25, -0.2) is 0 Å². The van der Waals surface area contributed by atoms with Gasteiger partial charge in [-0.2, -0.15) is 0 Å². The van der Waals surface area contributed by atoms with Gasteiger partial charge in [0.05, 0.1) is 6.10 Å². The Balaban J connectivity index is 2.32. The Hall–Kier alpha value is -0.0400. The third kappa shape index (κ3) is 4.45. The molecule has 1 rings (SSSR count). The average Bonchev–Trinajstić information content (AvgIpc) is 2.02. The van der Waals surface area contributed by atoms with E-state index in [-0.39, 0.29) is 0 Å². The molecule has 1 nitrogen and oxygen atoms in total. The van der Waals surface area contributed by atoms with Crippen molar-refractivity contribution in [2.75, 3.05) is 6.61 Å². The summed E-state index contributed by atoms with van der Waals surface area (Å²) in [6.07, 6.45) is 7.28. The van der Waals surface area contributed by atoms with Gasteiger partial charge >= 0.3 is 0 Å². The van der Waals surface area contributed by atoms with Crippen LogP contribution in [0.2, 0.25) is 0 Å². The van der Waals surface area contributed by atoms with Crippen molar-refractivity contribution < 1.29 is 4.74 Å². The molecule has 84 valence electrons. The van der Waals surface area contributed by atoms with Crippen molar-refractivity contribution in [3.63, 3.8) is 0 Å². The monoisotopic (exact) mass is 198 g/mol. The third-order valence-corrected chi connectivity index (χ3v) is 3.04. The molecule has 1 aliphatic carbocycles. The van der Waals surface area contributed by atoms with Crippen LogP contribution in [0.15, 0.2) is 0 Å². The fourth-order valence-corrected chi connectivity index (χ4v) is 2.68. The summed E-state index contributed by atoms with van der Waals surface area (Å²) < 4.78 is 5.73. The number of hydrogen-bond donors (Lipinski definition) is 0. The summed E-state index contributed by atoms with van der Waals surface area (Å²) >= 11 is 0. The van der Waals surface area contributed by atoms with Gasteiger partial charge in [0, 0.05) is 6.61 Å². The molecule has 1 saturated carbocycles. The molecule has 2 atom stereocenters. The van der Waals surface area contributed by atoms with E-state index >= 15 is 0 Å². The molecule has 0 heterocycles. The number of hydrogen-bond acceptors (Lipinski definition) is 1. The molecule has 0 unspecified atom stereocenters. The molecule has 0 radical (unpaired) electrons. The van der Waals surface area contributed by atoms with Crippen LogP contribution in [-0.4, -0.2) is 12.7 Å². The van der Waals surface area contributed by atoms with Gasteiger partial charge in [-0.15, -0.1) is 0 Å². The lowest BCUT2D eigenvalue weighted by Crippen LogP contribution is -2.25. The highest BCUT2D eigenvalue weighted by atomic mass is 16.5. The normalized spacial score (nSPS) is 29.1. The SMILES string of the molecule is CCO[C@@H]1CCC[C@H](CC(C)(C)C)C1. The third-order valence-electron chi connectivity index (χ3n) is 3.04. The van der Waals surface area contributed by atoms with Crippen molar-refractivity contribution in [3.8, 4) is 0 Å². The van der Waals surface area contributed by atoms with E-state index in [0.717, 1.165) is 12.5 Å². The standard InChI is InChI=1S/C13H26O/c1-5-14-12-8-6-7-11(9-12)10-13(2,3)4/h11-12H,5-10H2,1-4H3/t11-,12+/m0/s1. The van der Waals surface area contributed by atoms with E-state index in [2.05, 4.69) is 27.7 Å². The van der Waals surface area contributed by atoms with Gasteiger partial charge in [-0.05, 0) is 37.5 Å². The lowest BCUT2D eigenvalue weighted by Gasteiger charge is -2.33. The highest BCUT2D eigenvalue weighted by molar-refractivity contribution is 4.77. The Morgan fingerprint density at radius 2 is 1.93 bits per heavy atom. The average molecular weight is 198 g/mol. The Bertz CT molecular complexity index is 155. The molecule has 0 saturated heterocycles. The highest BCUT2D eigenvalue weighted by Gasteiger charge is 2.25. The molecule has 14 heavy (non-hydrogen) atoms. The van der Waals surface area contributed by atoms with Crippen LogP contribution in [0, 0.1) is 11.3 Å².